The maximum absolute atomic E-state index is 12.0. The van der Waals surface area contributed by atoms with Crippen LogP contribution < -0.4 is 14.9 Å². The molecule has 7 heteroatoms. The lowest BCUT2D eigenvalue weighted by atomic mass is 10.2. The molecule has 0 bridgehead atoms. The lowest BCUT2D eigenvalue weighted by Crippen LogP contribution is -2.17. The van der Waals surface area contributed by atoms with Crippen LogP contribution in [0.5, 0.6) is 17.2 Å². The molecule has 6 nitrogen and oxygen atoms in total. The molecule has 2 aromatic rings. The number of hydrazone groups is 1. The summed E-state index contributed by atoms with van der Waals surface area (Å²) in [5.41, 5.74) is 3.23. The number of aromatic hydroxyl groups is 1. The number of amides is 1. The summed E-state index contributed by atoms with van der Waals surface area (Å²) in [5, 5.41) is 13.7. The summed E-state index contributed by atoms with van der Waals surface area (Å²) in [6, 6.07) is 9.83. The molecular weight excluding hydrogens is 320 g/mol. The molecule has 0 unspecified atom stereocenters. The van der Waals surface area contributed by atoms with Crippen molar-refractivity contribution in [3.8, 4) is 17.2 Å². The van der Waals surface area contributed by atoms with Crippen LogP contribution in [0.4, 0.5) is 0 Å². The molecule has 0 radical (unpaired) electrons. The van der Waals surface area contributed by atoms with Crippen LogP contribution in [0.25, 0.3) is 0 Å². The Morgan fingerprint density at radius 1 is 1.26 bits per heavy atom. The Hall–Kier alpha value is -2.73. The molecule has 0 aromatic heterocycles. The van der Waals surface area contributed by atoms with E-state index in [1.165, 1.54) is 20.4 Å². The molecule has 2 aromatic carbocycles. The average Bonchev–Trinajstić information content (AvgIpc) is 2.58. The summed E-state index contributed by atoms with van der Waals surface area (Å²) in [5.74, 6) is 0.253. The Balaban J connectivity index is 2.09. The summed E-state index contributed by atoms with van der Waals surface area (Å²) in [7, 11) is 2.95. The van der Waals surface area contributed by atoms with Gasteiger partial charge in [-0.3, -0.25) is 4.79 Å². The van der Waals surface area contributed by atoms with Crippen LogP contribution in [0.1, 0.15) is 15.9 Å². The lowest BCUT2D eigenvalue weighted by Gasteiger charge is -2.06. The fraction of sp³-hybridized carbons (Fsp3) is 0.125. The van der Waals surface area contributed by atoms with Gasteiger partial charge in [0.15, 0.2) is 11.5 Å². The van der Waals surface area contributed by atoms with Gasteiger partial charge in [0.05, 0.1) is 25.5 Å². The molecule has 0 saturated heterocycles. The van der Waals surface area contributed by atoms with Crippen LogP contribution in [0.15, 0.2) is 41.5 Å². The van der Waals surface area contributed by atoms with E-state index in [1.54, 1.807) is 36.4 Å². The number of carbonyl (C=O) groups is 1. The second-order valence-electron chi connectivity index (χ2n) is 4.45. The zero-order valence-electron chi connectivity index (χ0n) is 12.5. The number of phenolic OH excluding ortho intramolecular Hbond substituents is 1. The Kier molecular flexibility index (Phi) is 5.43. The quantitative estimate of drug-likeness (QED) is 0.651. The van der Waals surface area contributed by atoms with Crippen molar-refractivity contribution in [1.29, 1.82) is 0 Å². The predicted octanol–water partition coefficient (Wildman–Crippen LogP) is 2.83. The zero-order valence-corrected chi connectivity index (χ0v) is 13.3. The number of methoxy groups -OCH3 is 2. The number of halogens is 1. The fourth-order valence-corrected chi connectivity index (χ4v) is 2.02. The van der Waals surface area contributed by atoms with E-state index in [2.05, 4.69) is 10.5 Å². The first kappa shape index (κ1) is 16.6. The monoisotopic (exact) mass is 334 g/mol. The molecule has 0 heterocycles. The van der Waals surface area contributed by atoms with E-state index >= 15 is 0 Å². The van der Waals surface area contributed by atoms with E-state index in [0.717, 1.165) is 0 Å². The molecule has 0 aliphatic rings. The normalized spacial score (nSPS) is 10.6. The van der Waals surface area contributed by atoms with Gasteiger partial charge in [0.25, 0.3) is 5.91 Å². The molecule has 120 valence electrons. The van der Waals surface area contributed by atoms with Crippen LogP contribution in [0.3, 0.4) is 0 Å². The first-order valence-corrected chi connectivity index (χ1v) is 6.97. The van der Waals surface area contributed by atoms with Gasteiger partial charge in [-0.1, -0.05) is 17.7 Å². The van der Waals surface area contributed by atoms with E-state index in [4.69, 9.17) is 21.1 Å². The number of phenols is 1. The summed E-state index contributed by atoms with van der Waals surface area (Å²) >= 11 is 6.00. The number of rotatable bonds is 5. The SMILES string of the molecule is COc1cccc(C(=O)N/N=C/c2ccc(OC)c(O)c2Cl)c1. The summed E-state index contributed by atoms with van der Waals surface area (Å²) < 4.78 is 10.00. The topological polar surface area (TPSA) is 80.2 Å². The Morgan fingerprint density at radius 3 is 2.74 bits per heavy atom. The summed E-state index contributed by atoms with van der Waals surface area (Å²) in [6.07, 6.45) is 1.33. The highest BCUT2D eigenvalue weighted by Crippen LogP contribution is 2.35. The molecule has 0 spiro atoms. The summed E-state index contributed by atoms with van der Waals surface area (Å²) in [6.45, 7) is 0. The molecule has 23 heavy (non-hydrogen) atoms. The molecule has 0 aliphatic carbocycles. The van der Waals surface area contributed by atoms with Gasteiger partial charge in [-0.05, 0) is 30.3 Å². The predicted molar refractivity (Wildman–Crippen MR) is 87.7 cm³/mol. The minimum absolute atomic E-state index is 0.0868. The van der Waals surface area contributed by atoms with Crippen LogP contribution in [0, 0.1) is 0 Å². The van der Waals surface area contributed by atoms with Gasteiger partial charge in [-0.25, -0.2) is 5.43 Å². The first-order valence-electron chi connectivity index (χ1n) is 6.59. The van der Waals surface area contributed by atoms with Crippen molar-refractivity contribution in [3.05, 3.63) is 52.5 Å². The smallest absolute Gasteiger partial charge is 0.271 e. The highest BCUT2D eigenvalue weighted by Gasteiger charge is 2.10. The zero-order chi connectivity index (χ0) is 16.8. The van der Waals surface area contributed by atoms with E-state index in [-0.39, 0.29) is 16.5 Å². The van der Waals surface area contributed by atoms with Gasteiger partial charge in [0, 0.05) is 11.1 Å². The Bertz CT molecular complexity index is 747. The van der Waals surface area contributed by atoms with E-state index < -0.39 is 5.91 Å². The fourth-order valence-electron chi connectivity index (χ4n) is 1.82. The number of benzene rings is 2. The highest BCUT2D eigenvalue weighted by molar-refractivity contribution is 6.34. The number of hydrogen-bond donors (Lipinski definition) is 2. The van der Waals surface area contributed by atoms with Crippen molar-refractivity contribution in [2.45, 2.75) is 0 Å². The van der Waals surface area contributed by atoms with E-state index in [0.29, 0.717) is 16.9 Å². The van der Waals surface area contributed by atoms with Crippen LogP contribution in [-0.2, 0) is 0 Å². The van der Waals surface area contributed by atoms with Crippen molar-refractivity contribution in [1.82, 2.24) is 5.43 Å². The minimum Gasteiger partial charge on any atom is -0.503 e. The van der Waals surface area contributed by atoms with Gasteiger partial charge in [0.1, 0.15) is 5.75 Å². The highest BCUT2D eigenvalue weighted by atomic mass is 35.5. The van der Waals surface area contributed by atoms with Gasteiger partial charge < -0.3 is 14.6 Å². The molecule has 2 N–H and O–H groups in total. The van der Waals surface area contributed by atoms with Crippen molar-refractivity contribution < 1.29 is 19.4 Å². The lowest BCUT2D eigenvalue weighted by molar-refractivity contribution is 0.0955. The third-order valence-electron chi connectivity index (χ3n) is 3.03. The Morgan fingerprint density at radius 2 is 2.04 bits per heavy atom. The maximum Gasteiger partial charge on any atom is 0.271 e. The van der Waals surface area contributed by atoms with Crippen molar-refractivity contribution in [2.75, 3.05) is 14.2 Å². The number of nitrogens with one attached hydrogen (secondary N) is 1. The summed E-state index contributed by atoms with van der Waals surface area (Å²) in [4.78, 5) is 12.0. The third kappa shape index (κ3) is 3.92. The van der Waals surface area contributed by atoms with Crippen molar-refractivity contribution in [3.63, 3.8) is 0 Å². The molecule has 0 fully saturated rings. The van der Waals surface area contributed by atoms with Gasteiger partial charge in [-0.15, -0.1) is 0 Å². The van der Waals surface area contributed by atoms with Gasteiger partial charge >= 0.3 is 0 Å². The molecule has 0 aliphatic heterocycles. The van der Waals surface area contributed by atoms with Gasteiger partial charge in [0.2, 0.25) is 0 Å². The standard InChI is InChI=1S/C16H15ClN2O4/c1-22-12-5-3-4-10(8-12)16(21)19-18-9-11-6-7-13(23-2)15(20)14(11)17/h3-9,20H,1-2H3,(H,19,21)/b18-9+. The number of hydrogen-bond acceptors (Lipinski definition) is 5. The Labute approximate surface area is 138 Å². The first-order chi connectivity index (χ1) is 11.1. The molecule has 2 rings (SSSR count). The molecule has 1 amide bonds. The third-order valence-corrected chi connectivity index (χ3v) is 3.43. The van der Waals surface area contributed by atoms with E-state index in [9.17, 15) is 9.90 Å². The molecule has 0 saturated carbocycles. The molecular formula is C16H15ClN2O4. The largest absolute Gasteiger partial charge is 0.503 e. The van der Waals surface area contributed by atoms with Crippen LogP contribution >= 0.6 is 11.6 Å². The van der Waals surface area contributed by atoms with Gasteiger partial charge in [-0.2, -0.15) is 5.10 Å². The van der Waals surface area contributed by atoms with E-state index in [1.807, 2.05) is 0 Å². The minimum atomic E-state index is -0.394. The molecule has 0 atom stereocenters. The van der Waals surface area contributed by atoms with Crippen LogP contribution in [-0.4, -0.2) is 31.4 Å². The maximum atomic E-state index is 12.0. The van der Waals surface area contributed by atoms with Crippen LogP contribution in [0.2, 0.25) is 5.02 Å². The number of ether oxygens (including phenoxy) is 2. The number of carbonyl (C=O) groups excluding carboxylic acids is 1. The number of nitrogens with zero attached hydrogens (tertiary/aromatic N) is 1. The average molecular weight is 335 g/mol. The second kappa shape index (κ2) is 7.51. The van der Waals surface area contributed by atoms with Crippen molar-refractivity contribution >= 4 is 23.7 Å². The second-order valence-corrected chi connectivity index (χ2v) is 4.83. The van der Waals surface area contributed by atoms with Crippen molar-refractivity contribution in [2.24, 2.45) is 5.10 Å².